The molecule has 0 fully saturated rings. The van der Waals surface area contributed by atoms with E-state index in [9.17, 15) is 4.79 Å². The number of aromatic amines is 1. The molecule has 0 saturated heterocycles. The van der Waals surface area contributed by atoms with Crippen molar-refractivity contribution in [2.75, 3.05) is 7.11 Å². The van der Waals surface area contributed by atoms with Gasteiger partial charge in [0.1, 0.15) is 0 Å². The summed E-state index contributed by atoms with van der Waals surface area (Å²) in [6.45, 7) is 0. The molecule has 0 spiro atoms. The van der Waals surface area contributed by atoms with Gasteiger partial charge < -0.3 is 14.8 Å². The van der Waals surface area contributed by atoms with E-state index in [2.05, 4.69) is 20.9 Å². The number of nitrogens with one attached hydrogen (secondary N) is 1. The van der Waals surface area contributed by atoms with Crippen LogP contribution in [0.4, 0.5) is 0 Å². The van der Waals surface area contributed by atoms with Crippen LogP contribution in [0.25, 0.3) is 10.9 Å². The molecule has 0 amide bonds. The molecule has 4 nitrogen and oxygen atoms in total. The summed E-state index contributed by atoms with van der Waals surface area (Å²) in [5, 5.41) is 9.71. The fraction of sp³-hybridized carbons (Fsp3) is 0.100. The summed E-state index contributed by atoms with van der Waals surface area (Å²) in [7, 11) is 1.45. The first-order valence-corrected chi connectivity index (χ1v) is 5.02. The molecule has 2 aromatic rings. The zero-order chi connectivity index (χ0) is 11.0. The van der Waals surface area contributed by atoms with Crippen molar-refractivity contribution in [3.05, 3.63) is 28.4 Å². The second kappa shape index (κ2) is 3.58. The SMILES string of the molecule is COc1c(C(=O)O)[nH]c2cccc(Br)c12. The molecule has 15 heavy (non-hydrogen) atoms. The van der Waals surface area contributed by atoms with Crippen LogP contribution in [0.15, 0.2) is 22.7 Å². The van der Waals surface area contributed by atoms with Gasteiger partial charge in [-0.25, -0.2) is 4.79 Å². The molecule has 5 heteroatoms. The van der Waals surface area contributed by atoms with E-state index in [0.717, 1.165) is 15.4 Å². The van der Waals surface area contributed by atoms with Gasteiger partial charge in [0.25, 0.3) is 0 Å². The molecular formula is C10H8BrNO3. The molecule has 2 rings (SSSR count). The van der Waals surface area contributed by atoms with Crippen molar-refractivity contribution < 1.29 is 14.6 Å². The smallest absolute Gasteiger partial charge is 0.356 e. The topological polar surface area (TPSA) is 62.3 Å². The highest BCUT2D eigenvalue weighted by Gasteiger charge is 2.19. The Bertz CT molecular complexity index is 533. The Kier molecular flexibility index (Phi) is 2.40. The number of halogens is 1. The number of aromatic carboxylic acids is 1. The van der Waals surface area contributed by atoms with Gasteiger partial charge in [-0.05, 0) is 28.1 Å². The first-order chi connectivity index (χ1) is 7.15. The van der Waals surface area contributed by atoms with Crippen LogP contribution in [0, 0.1) is 0 Å². The van der Waals surface area contributed by atoms with Gasteiger partial charge in [-0.1, -0.05) is 6.07 Å². The predicted molar refractivity (Wildman–Crippen MR) is 59.5 cm³/mol. The Morgan fingerprint density at radius 3 is 2.87 bits per heavy atom. The van der Waals surface area contributed by atoms with Crippen molar-refractivity contribution in [2.45, 2.75) is 0 Å². The van der Waals surface area contributed by atoms with E-state index in [1.54, 1.807) is 6.07 Å². The Hall–Kier alpha value is -1.49. The maximum absolute atomic E-state index is 10.9. The minimum absolute atomic E-state index is 0.0689. The monoisotopic (exact) mass is 269 g/mol. The minimum Gasteiger partial charge on any atom is -0.494 e. The van der Waals surface area contributed by atoms with E-state index in [1.165, 1.54) is 7.11 Å². The summed E-state index contributed by atoms with van der Waals surface area (Å²) >= 11 is 3.36. The summed E-state index contributed by atoms with van der Waals surface area (Å²) in [5.41, 5.74) is 0.804. The van der Waals surface area contributed by atoms with Crippen LogP contribution < -0.4 is 4.74 Å². The third kappa shape index (κ3) is 1.48. The van der Waals surface area contributed by atoms with Crippen molar-refractivity contribution in [1.82, 2.24) is 4.98 Å². The van der Waals surface area contributed by atoms with Crippen molar-refractivity contribution >= 4 is 32.8 Å². The van der Waals surface area contributed by atoms with Gasteiger partial charge in [0, 0.05) is 4.47 Å². The lowest BCUT2D eigenvalue weighted by Gasteiger charge is -1.99. The molecule has 0 aliphatic heterocycles. The molecule has 1 heterocycles. The van der Waals surface area contributed by atoms with Crippen LogP contribution in [0.1, 0.15) is 10.5 Å². The molecule has 1 aromatic carbocycles. The van der Waals surface area contributed by atoms with Crippen molar-refractivity contribution in [2.24, 2.45) is 0 Å². The lowest BCUT2D eigenvalue weighted by Crippen LogP contribution is -1.99. The second-order valence-electron chi connectivity index (χ2n) is 3.00. The largest absolute Gasteiger partial charge is 0.494 e. The average Bonchev–Trinajstić information content (AvgIpc) is 2.57. The molecule has 0 aliphatic carbocycles. The van der Waals surface area contributed by atoms with Crippen LogP contribution in [-0.2, 0) is 0 Å². The first-order valence-electron chi connectivity index (χ1n) is 4.22. The molecule has 0 aliphatic rings. The van der Waals surface area contributed by atoms with Crippen molar-refractivity contribution in [1.29, 1.82) is 0 Å². The van der Waals surface area contributed by atoms with E-state index in [0.29, 0.717) is 5.75 Å². The number of hydrogen-bond donors (Lipinski definition) is 2. The standard InChI is InChI=1S/C10H8BrNO3/c1-15-9-7-5(11)3-2-4-6(7)12-8(9)10(13)14/h2-4,12H,1H3,(H,13,14). The molecule has 2 N–H and O–H groups in total. The molecule has 0 unspecified atom stereocenters. The number of H-pyrrole nitrogens is 1. The van der Waals surface area contributed by atoms with Crippen molar-refractivity contribution in [3.63, 3.8) is 0 Å². The lowest BCUT2D eigenvalue weighted by molar-refractivity contribution is 0.0688. The van der Waals surface area contributed by atoms with Crippen LogP contribution >= 0.6 is 15.9 Å². The Labute approximate surface area is 94.0 Å². The predicted octanol–water partition coefficient (Wildman–Crippen LogP) is 2.64. The van der Waals surface area contributed by atoms with Gasteiger partial charge >= 0.3 is 5.97 Å². The van der Waals surface area contributed by atoms with E-state index in [-0.39, 0.29) is 5.69 Å². The molecule has 0 bridgehead atoms. The summed E-state index contributed by atoms with van der Waals surface area (Å²) in [5.74, 6) is -0.681. The van der Waals surface area contributed by atoms with E-state index >= 15 is 0 Å². The first kappa shape index (κ1) is 10.0. The third-order valence-electron chi connectivity index (χ3n) is 2.15. The molecule has 0 saturated carbocycles. The number of carbonyl (C=O) groups is 1. The number of carboxylic acid groups (broad SMARTS) is 1. The Morgan fingerprint density at radius 1 is 1.53 bits per heavy atom. The summed E-state index contributed by atoms with van der Waals surface area (Å²) < 4.78 is 5.90. The van der Waals surface area contributed by atoms with Crippen molar-refractivity contribution in [3.8, 4) is 5.75 Å². The fourth-order valence-corrected chi connectivity index (χ4v) is 2.08. The fourth-order valence-electron chi connectivity index (χ4n) is 1.53. The highest BCUT2D eigenvalue weighted by molar-refractivity contribution is 9.10. The molecule has 78 valence electrons. The zero-order valence-corrected chi connectivity index (χ0v) is 9.46. The maximum atomic E-state index is 10.9. The number of benzene rings is 1. The maximum Gasteiger partial charge on any atom is 0.356 e. The van der Waals surface area contributed by atoms with E-state index in [4.69, 9.17) is 9.84 Å². The third-order valence-corrected chi connectivity index (χ3v) is 2.81. The number of aromatic nitrogens is 1. The molecule has 0 radical (unpaired) electrons. The Balaban J connectivity index is 2.86. The van der Waals surface area contributed by atoms with Crippen LogP contribution in [0.5, 0.6) is 5.75 Å². The zero-order valence-electron chi connectivity index (χ0n) is 7.87. The molecule has 1 aromatic heterocycles. The van der Waals surface area contributed by atoms with Crippen LogP contribution in [0.3, 0.4) is 0 Å². The summed E-state index contributed by atoms with van der Waals surface area (Å²) in [6, 6.07) is 5.47. The average molecular weight is 270 g/mol. The highest BCUT2D eigenvalue weighted by atomic mass is 79.9. The number of ether oxygens (including phenoxy) is 1. The molecular weight excluding hydrogens is 262 g/mol. The Morgan fingerprint density at radius 2 is 2.27 bits per heavy atom. The van der Waals surface area contributed by atoms with Gasteiger partial charge in [-0.3, -0.25) is 0 Å². The summed E-state index contributed by atoms with van der Waals surface area (Å²) in [6.07, 6.45) is 0. The normalized spacial score (nSPS) is 10.5. The van der Waals surface area contributed by atoms with E-state index < -0.39 is 5.97 Å². The summed E-state index contributed by atoms with van der Waals surface area (Å²) in [4.78, 5) is 13.7. The highest BCUT2D eigenvalue weighted by Crippen LogP contribution is 2.35. The van der Waals surface area contributed by atoms with Gasteiger partial charge in [-0.15, -0.1) is 0 Å². The minimum atomic E-state index is -1.03. The van der Waals surface area contributed by atoms with Gasteiger partial charge in [0.15, 0.2) is 11.4 Å². The number of methoxy groups -OCH3 is 1. The van der Waals surface area contributed by atoms with Gasteiger partial charge in [-0.2, -0.15) is 0 Å². The lowest BCUT2D eigenvalue weighted by atomic mass is 10.2. The van der Waals surface area contributed by atoms with Crippen LogP contribution in [0.2, 0.25) is 0 Å². The van der Waals surface area contributed by atoms with Crippen LogP contribution in [-0.4, -0.2) is 23.2 Å². The van der Waals surface area contributed by atoms with Gasteiger partial charge in [0.2, 0.25) is 0 Å². The quantitative estimate of drug-likeness (QED) is 0.881. The second-order valence-corrected chi connectivity index (χ2v) is 3.86. The number of hydrogen-bond acceptors (Lipinski definition) is 2. The number of fused-ring (bicyclic) bond motifs is 1. The molecule has 0 atom stereocenters. The van der Waals surface area contributed by atoms with E-state index in [1.807, 2.05) is 12.1 Å². The van der Waals surface area contributed by atoms with Gasteiger partial charge in [0.05, 0.1) is 18.0 Å². The number of carboxylic acids is 1. The number of rotatable bonds is 2.